The van der Waals surface area contributed by atoms with Crippen LogP contribution < -0.4 is 10.6 Å². The number of hydrogen-bond donors (Lipinski definition) is 3. The van der Waals surface area contributed by atoms with E-state index in [0.29, 0.717) is 13.0 Å². The summed E-state index contributed by atoms with van der Waals surface area (Å²) in [7, 11) is 2.11. The molecule has 2 aromatic carbocycles. The molecule has 1 saturated heterocycles. The Kier molecular flexibility index (Phi) is 12.9. The van der Waals surface area contributed by atoms with Gasteiger partial charge in [-0.05, 0) is 55.3 Å². The number of ether oxygens (including phenoxy) is 2. The van der Waals surface area contributed by atoms with Gasteiger partial charge < -0.3 is 30.1 Å². The molecule has 4 rings (SSSR count). The quantitative estimate of drug-likeness (QED) is 0.206. The molecule has 44 heavy (non-hydrogen) atoms. The second-order valence-electron chi connectivity index (χ2n) is 11.6. The lowest BCUT2D eigenvalue weighted by Gasteiger charge is -2.42. The van der Waals surface area contributed by atoms with Crippen LogP contribution in [0.25, 0.3) is 0 Å². The highest BCUT2D eigenvalue weighted by Crippen LogP contribution is 2.42. The van der Waals surface area contributed by atoms with E-state index in [4.69, 9.17) is 9.47 Å². The van der Waals surface area contributed by atoms with Crippen LogP contribution in [0.4, 0.5) is 5.69 Å². The number of unbranched alkanes of at least 4 members (excludes halogenated alkanes) is 2. The molecule has 9 heteroatoms. The van der Waals surface area contributed by atoms with Gasteiger partial charge >= 0.3 is 0 Å². The van der Waals surface area contributed by atoms with Crippen LogP contribution in [0, 0.1) is 5.92 Å². The van der Waals surface area contributed by atoms with Crippen LogP contribution in [0.3, 0.4) is 0 Å². The molecule has 4 unspecified atom stereocenters. The molecule has 0 radical (unpaired) electrons. The van der Waals surface area contributed by atoms with E-state index in [1.165, 1.54) is 6.92 Å². The van der Waals surface area contributed by atoms with Crippen molar-refractivity contribution in [1.29, 1.82) is 0 Å². The van der Waals surface area contributed by atoms with Crippen molar-refractivity contribution in [2.45, 2.75) is 71.1 Å². The standard InChI is InChI=1S/C35H46N4O5/c1-25-32(23-39(3)22-19-30-9-6-8-21-37-30)43-35(44-34(25)28-13-11-27(24-40)12-14-28)29-15-17-31(18-16-29)38-33(42)10-5-4-7-20-36-26(2)41/h6,8-9,11-18,21,25,32,34-35,40H,4-5,7,10,19-20,22-24H2,1-3H3,(H,36,41)(H,38,42). The van der Waals surface area contributed by atoms with Gasteiger partial charge in [0.1, 0.15) is 0 Å². The minimum Gasteiger partial charge on any atom is -0.392 e. The Labute approximate surface area is 261 Å². The Morgan fingerprint density at radius 3 is 2.39 bits per heavy atom. The lowest BCUT2D eigenvalue weighted by atomic mass is 9.90. The van der Waals surface area contributed by atoms with Crippen LogP contribution in [0.5, 0.6) is 0 Å². The second kappa shape index (κ2) is 17.0. The molecule has 1 aliphatic heterocycles. The first-order valence-electron chi connectivity index (χ1n) is 15.6. The Morgan fingerprint density at radius 1 is 0.955 bits per heavy atom. The average molecular weight is 603 g/mol. The van der Waals surface area contributed by atoms with E-state index in [-0.39, 0.29) is 36.5 Å². The molecule has 0 saturated carbocycles. The number of aliphatic hydroxyl groups excluding tert-OH is 1. The molecule has 3 N–H and O–H groups in total. The predicted molar refractivity (Wildman–Crippen MR) is 171 cm³/mol. The van der Waals surface area contributed by atoms with Crippen LogP contribution >= 0.6 is 0 Å². The molecule has 3 aromatic rings. The van der Waals surface area contributed by atoms with Crippen LogP contribution in [0.2, 0.25) is 0 Å². The van der Waals surface area contributed by atoms with E-state index >= 15 is 0 Å². The number of amides is 2. The van der Waals surface area contributed by atoms with Gasteiger partial charge in [0, 0.05) is 68.5 Å². The maximum Gasteiger partial charge on any atom is 0.224 e. The van der Waals surface area contributed by atoms with Gasteiger partial charge in [0.05, 0.1) is 18.8 Å². The largest absolute Gasteiger partial charge is 0.392 e. The normalized spacial score (nSPS) is 19.9. The number of nitrogens with one attached hydrogen (secondary N) is 2. The zero-order chi connectivity index (χ0) is 31.3. The Balaban J connectivity index is 1.38. The summed E-state index contributed by atoms with van der Waals surface area (Å²) in [5.74, 6) is 0.0215. The van der Waals surface area contributed by atoms with Gasteiger partial charge in [-0.15, -0.1) is 0 Å². The third-order valence-corrected chi connectivity index (χ3v) is 8.01. The highest BCUT2D eigenvalue weighted by atomic mass is 16.7. The van der Waals surface area contributed by atoms with Gasteiger partial charge in [0.15, 0.2) is 6.29 Å². The molecule has 4 atom stereocenters. The first-order chi connectivity index (χ1) is 21.3. The van der Waals surface area contributed by atoms with Crippen molar-refractivity contribution in [2.75, 3.05) is 32.0 Å². The van der Waals surface area contributed by atoms with Gasteiger partial charge in [-0.25, -0.2) is 0 Å². The summed E-state index contributed by atoms with van der Waals surface area (Å²) < 4.78 is 13.2. The van der Waals surface area contributed by atoms with Gasteiger partial charge in [0.2, 0.25) is 11.8 Å². The van der Waals surface area contributed by atoms with Crippen molar-refractivity contribution in [3.8, 4) is 0 Å². The fourth-order valence-electron chi connectivity index (χ4n) is 5.38. The fourth-order valence-corrected chi connectivity index (χ4v) is 5.38. The Bertz CT molecular complexity index is 1300. The lowest BCUT2D eigenvalue weighted by molar-refractivity contribution is -0.275. The summed E-state index contributed by atoms with van der Waals surface area (Å²) in [5, 5.41) is 15.3. The zero-order valence-corrected chi connectivity index (χ0v) is 26.1. The number of nitrogens with zero attached hydrogens (tertiary/aromatic N) is 2. The number of rotatable bonds is 15. The second-order valence-corrected chi connectivity index (χ2v) is 11.6. The highest BCUT2D eigenvalue weighted by molar-refractivity contribution is 5.90. The topological polar surface area (TPSA) is 113 Å². The summed E-state index contributed by atoms with van der Waals surface area (Å²) >= 11 is 0. The van der Waals surface area contributed by atoms with Crippen LogP contribution in [0.1, 0.15) is 74.3 Å². The average Bonchev–Trinajstić information content (AvgIpc) is 3.03. The molecular formula is C35H46N4O5. The smallest absolute Gasteiger partial charge is 0.224 e. The molecule has 0 bridgehead atoms. The number of hydrogen-bond acceptors (Lipinski definition) is 7. The molecule has 1 fully saturated rings. The molecule has 9 nitrogen and oxygen atoms in total. The molecule has 236 valence electrons. The summed E-state index contributed by atoms with van der Waals surface area (Å²) in [5.41, 5.74) is 4.58. The van der Waals surface area contributed by atoms with Crippen molar-refractivity contribution in [3.63, 3.8) is 0 Å². The molecule has 1 aliphatic rings. The van der Waals surface area contributed by atoms with Gasteiger partial charge in [-0.3, -0.25) is 14.6 Å². The van der Waals surface area contributed by atoms with Gasteiger partial charge in [-0.1, -0.05) is 55.8 Å². The predicted octanol–water partition coefficient (Wildman–Crippen LogP) is 5.17. The summed E-state index contributed by atoms with van der Waals surface area (Å²) in [6.45, 7) is 5.89. The number of benzene rings is 2. The van der Waals surface area contributed by atoms with Crippen molar-refractivity contribution in [3.05, 3.63) is 95.3 Å². The van der Waals surface area contributed by atoms with Crippen molar-refractivity contribution in [1.82, 2.24) is 15.2 Å². The number of carbonyl (C=O) groups excluding carboxylic acids is 2. The first kappa shape index (κ1) is 33.3. The summed E-state index contributed by atoms with van der Waals surface area (Å²) in [4.78, 5) is 30.1. The van der Waals surface area contributed by atoms with Gasteiger partial charge in [-0.2, -0.15) is 0 Å². The number of aromatic nitrogens is 1. The summed E-state index contributed by atoms with van der Waals surface area (Å²) in [6, 6.07) is 21.6. The third-order valence-electron chi connectivity index (χ3n) is 8.01. The third kappa shape index (κ3) is 10.2. The molecule has 2 heterocycles. The Hall–Kier alpha value is -3.63. The van der Waals surface area contributed by atoms with Crippen molar-refractivity contribution in [2.24, 2.45) is 5.92 Å². The maximum atomic E-state index is 12.5. The van der Waals surface area contributed by atoms with Crippen molar-refractivity contribution < 1.29 is 24.2 Å². The van der Waals surface area contributed by atoms with E-state index in [1.807, 2.05) is 72.9 Å². The minimum absolute atomic E-state index is 0.00171. The molecule has 0 spiro atoms. The highest BCUT2D eigenvalue weighted by Gasteiger charge is 2.38. The first-order valence-corrected chi connectivity index (χ1v) is 15.6. The number of anilines is 1. The van der Waals surface area contributed by atoms with E-state index in [0.717, 1.165) is 66.8 Å². The fraction of sp³-hybridized carbons (Fsp3) is 0.457. The number of carbonyl (C=O) groups is 2. The Morgan fingerprint density at radius 2 is 1.70 bits per heavy atom. The van der Waals surface area contributed by atoms with Crippen LogP contribution in [0.15, 0.2) is 72.9 Å². The molecule has 1 aromatic heterocycles. The van der Waals surface area contributed by atoms with Crippen LogP contribution in [-0.2, 0) is 32.1 Å². The van der Waals surface area contributed by atoms with E-state index in [1.54, 1.807) is 0 Å². The number of likely N-dealkylation sites (N-methyl/N-ethyl adjacent to an activating group) is 1. The molecule has 2 amide bonds. The minimum atomic E-state index is -0.573. The van der Waals surface area contributed by atoms with E-state index < -0.39 is 6.29 Å². The molecule has 0 aliphatic carbocycles. The molecular weight excluding hydrogens is 556 g/mol. The van der Waals surface area contributed by atoms with E-state index in [9.17, 15) is 14.7 Å². The maximum absolute atomic E-state index is 12.5. The van der Waals surface area contributed by atoms with Crippen molar-refractivity contribution >= 4 is 17.5 Å². The number of pyridine rings is 1. The SMILES string of the molecule is CC(=O)NCCCCCC(=O)Nc1ccc(C2OC(CN(C)CCc3ccccn3)C(C)C(c3ccc(CO)cc3)O2)cc1. The zero-order valence-electron chi connectivity index (χ0n) is 26.1. The lowest BCUT2D eigenvalue weighted by Crippen LogP contribution is -2.43. The summed E-state index contributed by atoms with van der Waals surface area (Å²) in [6.07, 6.45) is 4.76. The van der Waals surface area contributed by atoms with Crippen LogP contribution in [-0.4, -0.2) is 59.6 Å². The van der Waals surface area contributed by atoms with Gasteiger partial charge in [0.25, 0.3) is 0 Å². The number of aliphatic hydroxyl groups is 1. The van der Waals surface area contributed by atoms with E-state index in [2.05, 4.69) is 34.5 Å². The monoisotopic (exact) mass is 602 g/mol.